The fourth-order valence-electron chi connectivity index (χ4n) is 2.01. The number of aromatic nitrogens is 3. The molecule has 0 saturated heterocycles. The zero-order chi connectivity index (χ0) is 14.0. The van der Waals surface area contributed by atoms with E-state index in [2.05, 4.69) is 35.3 Å². The molecule has 0 bridgehead atoms. The average Bonchev–Trinajstić information content (AvgIpc) is 2.80. The maximum atomic E-state index is 5.79. The molecule has 1 N–H and O–H groups in total. The third kappa shape index (κ3) is 3.44. The van der Waals surface area contributed by atoms with Gasteiger partial charge in [-0.15, -0.1) is 0 Å². The molecule has 0 aromatic carbocycles. The van der Waals surface area contributed by atoms with Crippen LogP contribution in [0.4, 0.5) is 0 Å². The van der Waals surface area contributed by atoms with Crippen molar-refractivity contribution in [1.29, 1.82) is 0 Å². The molecular weight excluding hydrogens is 240 g/mol. The Labute approximate surface area is 114 Å². The van der Waals surface area contributed by atoms with Gasteiger partial charge in [0.2, 0.25) is 0 Å². The van der Waals surface area contributed by atoms with Gasteiger partial charge in [-0.1, -0.05) is 13.8 Å². The number of nitrogens with zero attached hydrogens (tertiary/aromatic N) is 3. The van der Waals surface area contributed by atoms with Crippen molar-refractivity contribution in [2.75, 3.05) is 0 Å². The molecule has 0 radical (unpaired) electrons. The third-order valence-corrected chi connectivity index (χ3v) is 3.04. The highest BCUT2D eigenvalue weighted by Crippen LogP contribution is 2.16. The van der Waals surface area contributed by atoms with Crippen molar-refractivity contribution in [2.45, 2.75) is 53.8 Å². The second kappa shape index (κ2) is 5.57. The van der Waals surface area contributed by atoms with Gasteiger partial charge in [0.15, 0.2) is 0 Å². The smallest absolute Gasteiger partial charge is 0.147 e. The van der Waals surface area contributed by atoms with Crippen molar-refractivity contribution < 1.29 is 4.42 Å². The summed E-state index contributed by atoms with van der Waals surface area (Å²) in [5.41, 5.74) is 1.21. The zero-order valence-electron chi connectivity index (χ0n) is 12.3. The van der Waals surface area contributed by atoms with Crippen molar-refractivity contribution in [1.82, 2.24) is 20.1 Å². The number of hydrogen-bond donors (Lipinski definition) is 1. The number of nitrogens with one attached hydrogen (secondary N) is 1. The van der Waals surface area contributed by atoms with Gasteiger partial charge in [0.1, 0.15) is 29.7 Å². The fourth-order valence-corrected chi connectivity index (χ4v) is 2.01. The molecule has 0 aliphatic heterocycles. The Morgan fingerprint density at radius 2 is 2.05 bits per heavy atom. The molecular formula is C14H22N4O. The lowest BCUT2D eigenvalue weighted by atomic mass is 10.2. The van der Waals surface area contributed by atoms with E-state index in [0.29, 0.717) is 12.6 Å². The molecule has 0 aliphatic rings. The Balaban J connectivity index is 2.09. The van der Waals surface area contributed by atoms with Crippen LogP contribution in [0.15, 0.2) is 10.5 Å². The molecule has 19 heavy (non-hydrogen) atoms. The molecule has 0 amide bonds. The summed E-state index contributed by atoms with van der Waals surface area (Å²) in [6.45, 7) is 11.6. The van der Waals surface area contributed by atoms with Crippen molar-refractivity contribution in [3.05, 3.63) is 34.8 Å². The number of furan rings is 1. The topological polar surface area (TPSA) is 55.9 Å². The molecule has 0 fully saturated rings. The lowest BCUT2D eigenvalue weighted by Gasteiger charge is -2.05. The van der Waals surface area contributed by atoms with Crippen LogP contribution < -0.4 is 5.32 Å². The molecule has 5 heteroatoms. The molecule has 0 unspecified atom stereocenters. The van der Waals surface area contributed by atoms with E-state index in [0.717, 1.165) is 29.7 Å². The summed E-state index contributed by atoms with van der Waals surface area (Å²) < 4.78 is 7.65. The molecule has 2 rings (SSSR count). The van der Waals surface area contributed by atoms with Crippen LogP contribution in [0.1, 0.15) is 42.6 Å². The number of rotatable bonds is 5. The van der Waals surface area contributed by atoms with Gasteiger partial charge in [0.25, 0.3) is 0 Å². The summed E-state index contributed by atoms with van der Waals surface area (Å²) in [7, 11) is 0. The van der Waals surface area contributed by atoms with Crippen molar-refractivity contribution in [3.8, 4) is 0 Å². The lowest BCUT2D eigenvalue weighted by Crippen LogP contribution is -2.21. The quantitative estimate of drug-likeness (QED) is 0.898. The van der Waals surface area contributed by atoms with E-state index in [1.165, 1.54) is 5.56 Å². The standard InChI is InChI=1S/C14H22N4O/c1-9(2)15-7-13-6-14(19-10(13)3)8-18-12(5)16-11(4)17-18/h6,9,15H,7-8H2,1-5H3. The normalized spacial score (nSPS) is 11.5. The summed E-state index contributed by atoms with van der Waals surface area (Å²) >= 11 is 0. The predicted molar refractivity (Wildman–Crippen MR) is 74.0 cm³/mol. The van der Waals surface area contributed by atoms with E-state index < -0.39 is 0 Å². The van der Waals surface area contributed by atoms with E-state index >= 15 is 0 Å². The summed E-state index contributed by atoms with van der Waals surface area (Å²) in [5, 5.41) is 7.75. The molecule has 2 aromatic rings. The molecule has 0 aliphatic carbocycles. The second-order valence-electron chi connectivity index (χ2n) is 5.19. The monoisotopic (exact) mass is 262 g/mol. The Hall–Kier alpha value is -1.62. The lowest BCUT2D eigenvalue weighted by molar-refractivity contribution is 0.452. The zero-order valence-corrected chi connectivity index (χ0v) is 12.3. The minimum Gasteiger partial charge on any atom is -0.464 e. The highest BCUT2D eigenvalue weighted by Gasteiger charge is 2.10. The predicted octanol–water partition coefficient (Wildman–Crippen LogP) is 2.34. The maximum absolute atomic E-state index is 5.79. The van der Waals surface area contributed by atoms with E-state index in [9.17, 15) is 0 Å². The molecule has 2 heterocycles. The van der Waals surface area contributed by atoms with Crippen LogP contribution in [0, 0.1) is 20.8 Å². The summed E-state index contributed by atoms with van der Waals surface area (Å²) in [5.74, 6) is 3.60. The summed E-state index contributed by atoms with van der Waals surface area (Å²) in [4.78, 5) is 4.29. The first kappa shape index (κ1) is 13.8. The number of aryl methyl sites for hydroxylation is 3. The Bertz CT molecular complexity index is 554. The summed E-state index contributed by atoms with van der Waals surface area (Å²) in [6, 6.07) is 2.57. The van der Waals surface area contributed by atoms with Gasteiger partial charge in [-0.2, -0.15) is 5.10 Å². The van der Waals surface area contributed by atoms with E-state index in [-0.39, 0.29) is 0 Å². The molecule has 5 nitrogen and oxygen atoms in total. The highest BCUT2D eigenvalue weighted by atomic mass is 16.3. The van der Waals surface area contributed by atoms with E-state index in [1.54, 1.807) is 0 Å². The van der Waals surface area contributed by atoms with Crippen LogP contribution in [0.2, 0.25) is 0 Å². The first-order valence-corrected chi connectivity index (χ1v) is 6.65. The molecule has 104 valence electrons. The largest absolute Gasteiger partial charge is 0.464 e. The van der Waals surface area contributed by atoms with Crippen LogP contribution in [-0.2, 0) is 13.1 Å². The number of hydrogen-bond acceptors (Lipinski definition) is 4. The van der Waals surface area contributed by atoms with Gasteiger partial charge < -0.3 is 9.73 Å². The van der Waals surface area contributed by atoms with Gasteiger partial charge >= 0.3 is 0 Å². The minimum atomic E-state index is 0.470. The fraction of sp³-hybridized carbons (Fsp3) is 0.571. The van der Waals surface area contributed by atoms with Crippen LogP contribution in [0.25, 0.3) is 0 Å². The molecule has 0 spiro atoms. The van der Waals surface area contributed by atoms with Gasteiger partial charge in [-0.05, 0) is 26.8 Å². The SMILES string of the molecule is Cc1nc(C)n(Cc2cc(CNC(C)C)c(C)o2)n1. The first-order valence-electron chi connectivity index (χ1n) is 6.65. The maximum Gasteiger partial charge on any atom is 0.147 e. The first-order chi connectivity index (χ1) is 8.95. The Morgan fingerprint density at radius 3 is 2.63 bits per heavy atom. The Kier molecular flexibility index (Phi) is 4.04. The van der Waals surface area contributed by atoms with Gasteiger partial charge in [-0.3, -0.25) is 0 Å². The van der Waals surface area contributed by atoms with Crippen molar-refractivity contribution >= 4 is 0 Å². The van der Waals surface area contributed by atoms with Crippen LogP contribution >= 0.6 is 0 Å². The van der Waals surface area contributed by atoms with Crippen LogP contribution in [-0.4, -0.2) is 20.8 Å². The van der Waals surface area contributed by atoms with Crippen molar-refractivity contribution in [3.63, 3.8) is 0 Å². The van der Waals surface area contributed by atoms with Crippen molar-refractivity contribution in [2.24, 2.45) is 0 Å². The van der Waals surface area contributed by atoms with Gasteiger partial charge in [-0.25, -0.2) is 9.67 Å². The summed E-state index contributed by atoms with van der Waals surface area (Å²) in [6.07, 6.45) is 0. The van der Waals surface area contributed by atoms with E-state index in [1.807, 2.05) is 25.5 Å². The van der Waals surface area contributed by atoms with Crippen LogP contribution in [0.5, 0.6) is 0 Å². The van der Waals surface area contributed by atoms with Gasteiger partial charge in [0.05, 0.1) is 0 Å². The third-order valence-electron chi connectivity index (χ3n) is 3.04. The average molecular weight is 262 g/mol. The molecule has 0 atom stereocenters. The molecule has 0 saturated carbocycles. The van der Waals surface area contributed by atoms with Crippen LogP contribution in [0.3, 0.4) is 0 Å². The molecule has 2 aromatic heterocycles. The second-order valence-corrected chi connectivity index (χ2v) is 5.19. The Morgan fingerprint density at radius 1 is 1.32 bits per heavy atom. The van der Waals surface area contributed by atoms with E-state index in [4.69, 9.17) is 4.42 Å². The minimum absolute atomic E-state index is 0.470. The van der Waals surface area contributed by atoms with Gasteiger partial charge in [0, 0.05) is 18.2 Å². The highest BCUT2D eigenvalue weighted by molar-refractivity contribution is 5.21.